The Morgan fingerprint density at radius 2 is 1.85 bits per heavy atom. The molecule has 27 heavy (non-hydrogen) atoms. The van der Waals surface area contributed by atoms with E-state index < -0.39 is 17.0 Å². The highest BCUT2D eigenvalue weighted by molar-refractivity contribution is 8.15. The lowest BCUT2D eigenvalue weighted by molar-refractivity contribution is -0.137. The number of nitrogens with one attached hydrogen (secondary N) is 1. The number of hydrogen-bond acceptors (Lipinski definition) is 3. The fraction of sp³-hybridized carbons (Fsp3) is 0.300. The summed E-state index contributed by atoms with van der Waals surface area (Å²) in [7, 11) is 0. The van der Waals surface area contributed by atoms with Crippen LogP contribution in [0.5, 0.6) is 0 Å². The van der Waals surface area contributed by atoms with Gasteiger partial charge in [-0.1, -0.05) is 55.9 Å². The quantitative estimate of drug-likeness (QED) is 0.768. The second-order valence-corrected chi connectivity index (χ2v) is 7.85. The number of rotatable bonds is 4. The third-order valence-electron chi connectivity index (χ3n) is 4.24. The van der Waals surface area contributed by atoms with Crippen molar-refractivity contribution in [1.82, 2.24) is 5.32 Å². The van der Waals surface area contributed by atoms with Gasteiger partial charge in [0, 0.05) is 0 Å². The van der Waals surface area contributed by atoms with Crippen molar-refractivity contribution in [2.45, 2.75) is 37.6 Å². The highest BCUT2D eigenvalue weighted by Crippen LogP contribution is 2.31. The van der Waals surface area contributed by atoms with Crippen molar-refractivity contribution in [3.05, 3.63) is 65.2 Å². The van der Waals surface area contributed by atoms with E-state index in [2.05, 4.69) is 24.2 Å². The molecule has 3 nitrogen and oxygen atoms in total. The van der Waals surface area contributed by atoms with Gasteiger partial charge in [-0.15, -0.1) is 0 Å². The number of hydrogen-bond donors (Lipinski definition) is 1. The van der Waals surface area contributed by atoms with Crippen LogP contribution in [0.1, 0.15) is 36.5 Å². The van der Waals surface area contributed by atoms with Crippen molar-refractivity contribution in [2.75, 3.05) is 0 Å². The van der Waals surface area contributed by atoms with Gasteiger partial charge in [-0.05, 0) is 41.7 Å². The molecule has 0 bridgehead atoms. The number of nitrogens with zero attached hydrogens (tertiary/aromatic N) is 1. The molecule has 1 N–H and O–H groups in total. The maximum absolute atomic E-state index is 12.8. The van der Waals surface area contributed by atoms with Crippen LogP contribution in [0, 0.1) is 0 Å². The summed E-state index contributed by atoms with van der Waals surface area (Å²) in [6.45, 7) is 4.21. The average molecular weight is 392 g/mol. The summed E-state index contributed by atoms with van der Waals surface area (Å²) in [6, 6.07) is 12.8. The monoisotopic (exact) mass is 392 g/mol. The largest absolute Gasteiger partial charge is 0.416 e. The SMILES string of the molecule is CC(C)c1ccc(/N=C2\NC(=O)C(Cc3cccc(C(F)(F)F)c3)S2)cc1. The first-order chi connectivity index (χ1) is 12.7. The number of thioether (sulfide) groups is 1. The molecule has 1 aliphatic heterocycles. The maximum Gasteiger partial charge on any atom is 0.416 e. The third-order valence-corrected chi connectivity index (χ3v) is 5.32. The zero-order chi connectivity index (χ0) is 19.6. The van der Waals surface area contributed by atoms with Crippen molar-refractivity contribution in [2.24, 2.45) is 4.99 Å². The van der Waals surface area contributed by atoms with E-state index in [1.54, 1.807) is 6.07 Å². The van der Waals surface area contributed by atoms with E-state index >= 15 is 0 Å². The lowest BCUT2D eigenvalue weighted by Gasteiger charge is -2.10. The molecule has 1 aliphatic rings. The van der Waals surface area contributed by atoms with E-state index in [1.165, 1.54) is 23.4 Å². The Balaban J connectivity index is 1.70. The first kappa shape index (κ1) is 19.5. The van der Waals surface area contributed by atoms with Crippen LogP contribution >= 0.6 is 11.8 Å². The van der Waals surface area contributed by atoms with Crippen molar-refractivity contribution < 1.29 is 18.0 Å². The van der Waals surface area contributed by atoms with Crippen LogP contribution in [-0.4, -0.2) is 16.3 Å². The summed E-state index contributed by atoms with van der Waals surface area (Å²) in [5.41, 5.74) is 1.69. The molecule has 1 heterocycles. The van der Waals surface area contributed by atoms with Gasteiger partial charge >= 0.3 is 6.18 Å². The van der Waals surface area contributed by atoms with E-state index in [9.17, 15) is 18.0 Å². The molecule has 1 unspecified atom stereocenters. The van der Waals surface area contributed by atoms with Crippen LogP contribution in [0.25, 0.3) is 0 Å². The van der Waals surface area contributed by atoms with E-state index in [0.717, 1.165) is 17.8 Å². The van der Waals surface area contributed by atoms with E-state index in [-0.39, 0.29) is 12.3 Å². The number of alkyl halides is 3. The van der Waals surface area contributed by atoms with E-state index in [4.69, 9.17) is 0 Å². The Morgan fingerprint density at radius 1 is 1.15 bits per heavy atom. The summed E-state index contributed by atoms with van der Waals surface area (Å²) in [6.07, 6.45) is -4.18. The highest BCUT2D eigenvalue weighted by atomic mass is 32.2. The molecular formula is C20H19F3N2OS. The number of carbonyl (C=O) groups is 1. The number of benzene rings is 2. The Hall–Kier alpha value is -2.28. The van der Waals surface area contributed by atoms with Crippen molar-refractivity contribution >= 4 is 28.5 Å². The minimum atomic E-state index is -4.39. The second-order valence-electron chi connectivity index (χ2n) is 6.66. The first-order valence-electron chi connectivity index (χ1n) is 8.54. The van der Waals surface area contributed by atoms with Gasteiger partial charge in [0.15, 0.2) is 5.17 Å². The number of halogens is 3. The Bertz CT molecular complexity index is 860. The fourth-order valence-electron chi connectivity index (χ4n) is 2.73. The standard InChI is InChI=1S/C20H19F3N2OS/c1-12(2)14-6-8-16(9-7-14)24-19-25-18(26)17(27-19)11-13-4-3-5-15(10-13)20(21,22)23/h3-10,12,17H,11H2,1-2H3,(H,24,25,26). The summed E-state index contributed by atoms with van der Waals surface area (Å²) in [4.78, 5) is 16.6. The molecule has 1 atom stereocenters. The van der Waals surface area contributed by atoms with Crippen LogP contribution in [0.2, 0.25) is 0 Å². The summed E-state index contributed by atoms with van der Waals surface area (Å²) in [5.74, 6) is 0.180. The van der Waals surface area contributed by atoms with Gasteiger partial charge in [0.05, 0.1) is 16.5 Å². The van der Waals surface area contributed by atoms with Crippen molar-refractivity contribution in [3.63, 3.8) is 0 Å². The summed E-state index contributed by atoms with van der Waals surface area (Å²) in [5, 5.41) is 2.68. The predicted octanol–water partition coefficient (Wildman–Crippen LogP) is 5.29. The highest BCUT2D eigenvalue weighted by Gasteiger charge is 2.33. The van der Waals surface area contributed by atoms with Crippen LogP contribution in [0.15, 0.2) is 53.5 Å². The van der Waals surface area contributed by atoms with Gasteiger partial charge < -0.3 is 5.32 Å². The number of amidine groups is 1. The Morgan fingerprint density at radius 3 is 2.48 bits per heavy atom. The molecule has 1 saturated heterocycles. The van der Waals surface area contributed by atoms with Crippen molar-refractivity contribution in [1.29, 1.82) is 0 Å². The third kappa shape index (κ3) is 4.91. The molecule has 142 valence electrons. The minimum Gasteiger partial charge on any atom is -0.304 e. The lowest BCUT2D eigenvalue weighted by atomic mass is 10.0. The molecular weight excluding hydrogens is 373 g/mol. The Labute approximate surface area is 160 Å². The van der Waals surface area contributed by atoms with Gasteiger partial charge in [-0.2, -0.15) is 13.2 Å². The van der Waals surface area contributed by atoms with Gasteiger partial charge in [0.2, 0.25) is 5.91 Å². The number of carbonyl (C=O) groups excluding carboxylic acids is 1. The molecule has 1 fully saturated rings. The zero-order valence-electron chi connectivity index (χ0n) is 14.9. The minimum absolute atomic E-state index is 0.214. The molecule has 0 aromatic heterocycles. The van der Waals surface area contributed by atoms with Crippen LogP contribution in [-0.2, 0) is 17.4 Å². The molecule has 0 radical (unpaired) electrons. The maximum atomic E-state index is 12.8. The van der Waals surface area contributed by atoms with Crippen molar-refractivity contribution in [3.8, 4) is 0 Å². The topological polar surface area (TPSA) is 41.5 Å². The van der Waals surface area contributed by atoms with Gasteiger partial charge in [-0.25, -0.2) is 4.99 Å². The lowest BCUT2D eigenvalue weighted by Crippen LogP contribution is -2.26. The van der Waals surface area contributed by atoms with Crippen LogP contribution in [0.4, 0.5) is 18.9 Å². The normalized spacial score (nSPS) is 19.0. The Kier molecular flexibility index (Phi) is 5.60. The molecule has 3 rings (SSSR count). The summed E-state index contributed by atoms with van der Waals surface area (Å²) < 4.78 is 38.5. The van der Waals surface area contributed by atoms with Gasteiger partial charge in [-0.3, -0.25) is 4.79 Å². The molecule has 7 heteroatoms. The molecule has 2 aromatic rings. The molecule has 0 spiro atoms. The molecule has 0 saturated carbocycles. The average Bonchev–Trinajstić information content (AvgIpc) is 2.94. The zero-order valence-corrected chi connectivity index (χ0v) is 15.7. The van der Waals surface area contributed by atoms with Gasteiger partial charge in [0.1, 0.15) is 0 Å². The van der Waals surface area contributed by atoms with Gasteiger partial charge in [0.25, 0.3) is 0 Å². The van der Waals surface area contributed by atoms with E-state index in [0.29, 0.717) is 16.6 Å². The number of aliphatic imine (C=N–C) groups is 1. The van der Waals surface area contributed by atoms with Crippen LogP contribution in [0.3, 0.4) is 0 Å². The van der Waals surface area contributed by atoms with E-state index in [1.807, 2.05) is 24.3 Å². The summed E-state index contributed by atoms with van der Waals surface area (Å²) >= 11 is 1.24. The number of amides is 1. The molecule has 0 aliphatic carbocycles. The fourth-order valence-corrected chi connectivity index (χ4v) is 3.76. The smallest absolute Gasteiger partial charge is 0.304 e. The molecule has 2 aromatic carbocycles. The second kappa shape index (κ2) is 7.76. The molecule has 1 amide bonds. The van der Waals surface area contributed by atoms with Crippen LogP contribution < -0.4 is 5.32 Å². The first-order valence-corrected chi connectivity index (χ1v) is 9.42. The predicted molar refractivity (Wildman–Crippen MR) is 102 cm³/mol.